The minimum Gasteiger partial charge on any atom is -0.388 e. The number of anilines is 1. The van der Waals surface area contributed by atoms with Crippen molar-refractivity contribution in [2.24, 2.45) is 4.99 Å². The highest BCUT2D eigenvalue weighted by molar-refractivity contribution is 6.31. The second kappa shape index (κ2) is 12.1. The van der Waals surface area contributed by atoms with Crippen LogP contribution < -0.4 is 16.0 Å². The van der Waals surface area contributed by atoms with Crippen LogP contribution in [0.3, 0.4) is 0 Å². The lowest BCUT2D eigenvalue weighted by atomic mass is 10.1. The molecule has 1 amide bonds. The number of aliphatic hydroxyl groups is 1. The molecule has 6 nitrogen and oxygen atoms in total. The van der Waals surface area contributed by atoms with Gasteiger partial charge in [0.15, 0.2) is 5.96 Å². The Kier molecular flexibility index (Phi) is 9.47. The molecule has 1 atom stereocenters. The van der Waals surface area contributed by atoms with Gasteiger partial charge in [-0.15, -0.1) is 0 Å². The summed E-state index contributed by atoms with van der Waals surface area (Å²) >= 11 is 6.08. The van der Waals surface area contributed by atoms with Crippen molar-refractivity contribution in [3.63, 3.8) is 0 Å². The molecule has 4 N–H and O–H groups in total. The number of carbonyl (C=O) groups is 1. The van der Waals surface area contributed by atoms with Crippen molar-refractivity contribution in [2.75, 3.05) is 25.0 Å². The lowest BCUT2D eigenvalue weighted by Crippen LogP contribution is -2.38. The summed E-state index contributed by atoms with van der Waals surface area (Å²) in [6.45, 7) is 5.47. The zero-order valence-corrected chi connectivity index (χ0v) is 17.7. The number of benzene rings is 2. The number of nitrogens with zero attached hydrogens (tertiary/aromatic N) is 1. The van der Waals surface area contributed by atoms with E-state index in [0.717, 1.165) is 16.8 Å². The van der Waals surface area contributed by atoms with Crippen LogP contribution in [0.15, 0.2) is 53.5 Å². The summed E-state index contributed by atoms with van der Waals surface area (Å²) in [6, 6.07) is 15.0. The van der Waals surface area contributed by atoms with Crippen molar-refractivity contribution in [3.05, 3.63) is 64.7 Å². The van der Waals surface area contributed by atoms with Crippen molar-refractivity contribution in [1.82, 2.24) is 10.6 Å². The third kappa shape index (κ3) is 7.75. The van der Waals surface area contributed by atoms with Crippen molar-refractivity contribution in [1.29, 1.82) is 0 Å². The molecule has 0 spiro atoms. The lowest BCUT2D eigenvalue weighted by Gasteiger charge is -2.13. The Morgan fingerprint density at radius 3 is 2.62 bits per heavy atom. The van der Waals surface area contributed by atoms with E-state index in [-0.39, 0.29) is 5.91 Å². The number of halogens is 1. The maximum absolute atomic E-state index is 12.2. The molecule has 2 aromatic rings. The molecule has 0 radical (unpaired) electrons. The fraction of sp³-hybridized carbons (Fsp3) is 0.364. The van der Waals surface area contributed by atoms with Gasteiger partial charge in [0.2, 0.25) is 5.91 Å². The van der Waals surface area contributed by atoms with Crippen molar-refractivity contribution < 1.29 is 9.90 Å². The quantitative estimate of drug-likeness (QED) is 0.371. The monoisotopic (exact) mass is 416 g/mol. The largest absolute Gasteiger partial charge is 0.388 e. The highest BCUT2D eigenvalue weighted by atomic mass is 35.5. The van der Waals surface area contributed by atoms with Gasteiger partial charge in [0.05, 0.1) is 6.10 Å². The first-order valence-corrected chi connectivity index (χ1v) is 10.2. The van der Waals surface area contributed by atoms with Gasteiger partial charge in [-0.1, -0.05) is 48.0 Å². The van der Waals surface area contributed by atoms with Crippen LogP contribution in [0.4, 0.5) is 5.69 Å². The van der Waals surface area contributed by atoms with Crippen LogP contribution in [0.1, 0.15) is 37.0 Å². The summed E-state index contributed by atoms with van der Waals surface area (Å²) < 4.78 is 0. The predicted octanol–water partition coefficient (Wildman–Crippen LogP) is 3.66. The van der Waals surface area contributed by atoms with Crippen molar-refractivity contribution in [3.8, 4) is 0 Å². The minimum absolute atomic E-state index is 0.0989. The molecule has 0 aromatic heterocycles. The Balaban J connectivity index is 1.78. The lowest BCUT2D eigenvalue weighted by molar-refractivity contribution is -0.116. The SMILES string of the molecule is CCNC(=NCCC(O)c1ccccc1)NCCC(=O)Nc1cccc(Cl)c1C. The second-order valence-electron chi connectivity index (χ2n) is 6.61. The van der Waals surface area contributed by atoms with Gasteiger partial charge in [0, 0.05) is 36.8 Å². The Hall–Kier alpha value is -2.57. The van der Waals surface area contributed by atoms with Gasteiger partial charge in [0.1, 0.15) is 0 Å². The first-order valence-electron chi connectivity index (χ1n) is 9.81. The van der Waals surface area contributed by atoms with E-state index in [2.05, 4.69) is 20.9 Å². The molecular formula is C22H29ClN4O2. The number of hydrogen-bond acceptors (Lipinski definition) is 3. The van der Waals surface area contributed by atoms with Crippen LogP contribution >= 0.6 is 11.6 Å². The van der Waals surface area contributed by atoms with E-state index in [9.17, 15) is 9.90 Å². The smallest absolute Gasteiger partial charge is 0.226 e. The number of rotatable bonds is 9. The van der Waals surface area contributed by atoms with Gasteiger partial charge in [-0.3, -0.25) is 9.79 Å². The average Bonchev–Trinajstić information content (AvgIpc) is 2.72. The molecule has 29 heavy (non-hydrogen) atoms. The molecule has 0 aliphatic carbocycles. The van der Waals surface area contributed by atoms with Gasteiger partial charge < -0.3 is 21.1 Å². The third-order valence-corrected chi connectivity index (χ3v) is 4.80. The minimum atomic E-state index is -0.547. The van der Waals surface area contributed by atoms with Crippen LogP contribution in [0, 0.1) is 6.92 Å². The molecule has 2 aromatic carbocycles. The Morgan fingerprint density at radius 2 is 1.90 bits per heavy atom. The summed E-state index contributed by atoms with van der Waals surface area (Å²) in [6.07, 6.45) is 0.271. The number of nitrogens with one attached hydrogen (secondary N) is 3. The molecule has 0 aliphatic rings. The summed E-state index contributed by atoms with van der Waals surface area (Å²) in [5, 5.41) is 20.0. The molecule has 0 saturated carbocycles. The maximum atomic E-state index is 12.2. The molecule has 0 saturated heterocycles. The molecule has 1 unspecified atom stereocenters. The van der Waals surface area contributed by atoms with Crippen LogP contribution in [0.25, 0.3) is 0 Å². The molecular weight excluding hydrogens is 388 g/mol. The summed E-state index contributed by atoms with van der Waals surface area (Å²) in [4.78, 5) is 16.7. The Morgan fingerprint density at radius 1 is 1.14 bits per heavy atom. The van der Waals surface area contributed by atoms with Gasteiger partial charge in [-0.05, 0) is 43.5 Å². The Labute approximate surface area is 177 Å². The molecule has 2 rings (SSSR count). The zero-order valence-electron chi connectivity index (χ0n) is 16.9. The molecule has 156 valence electrons. The van der Waals surface area contributed by atoms with E-state index in [0.29, 0.717) is 43.5 Å². The van der Waals surface area contributed by atoms with Crippen LogP contribution in [0.5, 0.6) is 0 Å². The van der Waals surface area contributed by atoms with Gasteiger partial charge >= 0.3 is 0 Å². The van der Waals surface area contributed by atoms with E-state index < -0.39 is 6.10 Å². The average molecular weight is 417 g/mol. The molecule has 0 heterocycles. The number of aliphatic hydroxyl groups excluding tert-OH is 1. The van der Waals surface area contributed by atoms with E-state index in [1.165, 1.54) is 0 Å². The summed E-state index contributed by atoms with van der Waals surface area (Å²) in [5.74, 6) is 0.526. The van der Waals surface area contributed by atoms with E-state index in [4.69, 9.17) is 11.6 Å². The van der Waals surface area contributed by atoms with Crippen LogP contribution in [0.2, 0.25) is 5.02 Å². The highest BCUT2D eigenvalue weighted by Gasteiger charge is 2.08. The van der Waals surface area contributed by atoms with E-state index in [1.54, 1.807) is 6.07 Å². The third-order valence-electron chi connectivity index (χ3n) is 4.39. The number of aliphatic imine (C=N–C) groups is 1. The fourth-order valence-corrected chi connectivity index (χ4v) is 2.91. The maximum Gasteiger partial charge on any atom is 0.226 e. The van der Waals surface area contributed by atoms with Crippen LogP contribution in [-0.4, -0.2) is 36.6 Å². The van der Waals surface area contributed by atoms with Crippen LogP contribution in [-0.2, 0) is 4.79 Å². The number of guanidine groups is 1. The first kappa shape index (κ1) is 22.7. The zero-order chi connectivity index (χ0) is 21.1. The fourth-order valence-electron chi connectivity index (χ4n) is 2.73. The highest BCUT2D eigenvalue weighted by Crippen LogP contribution is 2.22. The number of hydrogen-bond donors (Lipinski definition) is 4. The summed E-state index contributed by atoms with van der Waals surface area (Å²) in [5.41, 5.74) is 2.45. The predicted molar refractivity (Wildman–Crippen MR) is 119 cm³/mol. The first-order chi connectivity index (χ1) is 14.0. The molecule has 0 bridgehead atoms. The van der Waals surface area contributed by atoms with Crippen molar-refractivity contribution in [2.45, 2.75) is 32.8 Å². The van der Waals surface area contributed by atoms with E-state index >= 15 is 0 Å². The van der Waals surface area contributed by atoms with E-state index in [1.807, 2.05) is 56.3 Å². The topological polar surface area (TPSA) is 85.8 Å². The standard InChI is InChI=1S/C22H29ClN4O2/c1-3-24-22(25-14-12-20(28)17-8-5-4-6-9-17)26-15-13-21(29)27-19-11-7-10-18(23)16(19)2/h4-11,20,28H,3,12-15H2,1-2H3,(H,27,29)(H2,24,25,26). The molecule has 0 aliphatic heterocycles. The second-order valence-corrected chi connectivity index (χ2v) is 7.02. The van der Waals surface area contributed by atoms with Gasteiger partial charge in [-0.25, -0.2) is 0 Å². The molecule has 0 fully saturated rings. The Bertz CT molecular complexity index is 812. The summed E-state index contributed by atoms with van der Waals surface area (Å²) in [7, 11) is 0. The normalized spacial score (nSPS) is 12.3. The molecule has 7 heteroatoms. The number of carbonyl (C=O) groups excluding carboxylic acids is 1. The van der Waals surface area contributed by atoms with Gasteiger partial charge in [-0.2, -0.15) is 0 Å². The number of amides is 1. The van der Waals surface area contributed by atoms with Gasteiger partial charge in [0.25, 0.3) is 0 Å². The van der Waals surface area contributed by atoms with Crippen molar-refractivity contribution >= 4 is 29.2 Å².